The van der Waals surface area contributed by atoms with Gasteiger partial charge in [0.25, 0.3) is 0 Å². The second kappa shape index (κ2) is 8.11. The van der Waals surface area contributed by atoms with Crippen molar-refractivity contribution in [1.29, 1.82) is 0 Å². The van der Waals surface area contributed by atoms with Crippen molar-refractivity contribution in [3.63, 3.8) is 0 Å². The number of hydrogen-bond donors (Lipinski definition) is 1. The van der Waals surface area contributed by atoms with Gasteiger partial charge in [-0.2, -0.15) is 0 Å². The van der Waals surface area contributed by atoms with Crippen LogP contribution in [0.15, 0.2) is 0 Å². The van der Waals surface area contributed by atoms with Gasteiger partial charge in [-0.25, -0.2) is 0 Å². The normalized spacial score (nSPS) is 30.9. The molecule has 0 bridgehead atoms. The van der Waals surface area contributed by atoms with Crippen LogP contribution in [0, 0.1) is 11.8 Å². The summed E-state index contributed by atoms with van der Waals surface area (Å²) in [7, 11) is 2.08. The summed E-state index contributed by atoms with van der Waals surface area (Å²) in [5.41, 5.74) is 0. The van der Waals surface area contributed by atoms with Crippen molar-refractivity contribution in [3.05, 3.63) is 0 Å². The van der Waals surface area contributed by atoms with Crippen LogP contribution in [0.3, 0.4) is 0 Å². The molecule has 0 aromatic heterocycles. The molecule has 0 radical (unpaired) electrons. The van der Waals surface area contributed by atoms with E-state index in [1.807, 2.05) is 0 Å². The second-order valence-electron chi connectivity index (χ2n) is 5.72. The molecule has 2 unspecified atom stereocenters. The Bertz CT molecular complexity index is 161. The summed E-state index contributed by atoms with van der Waals surface area (Å²) in [6.07, 6.45) is 13.1. The van der Waals surface area contributed by atoms with Gasteiger partial charge < -0.3 is 5.32 Å². The molecular formula is C15H31N. The Balaban J connectivity index is 0.000000165. The van der Waals surface area contributed by atoms with Crippen LogP contribution in [0.25, 0.3) is 0 Å². The minimum atomic E-state index is 0.804. The maximum absolute atomic E-state index is 3.35. The molecule has 2 aliphatic carbocycles. The van der Waals surface area contributed by atoms with E-state index in [4.69, 9.17) is 0 Å². The fourth-order valence-corrected chi connectivity index (χ4v) is 3.16. The highest BCUT2D eigenvalue weighted by molar-refractivity contribution is 4.76. The lowest BCUT2D eigenvalue weighted by Crippen LogP contribution is -2.34. The van der Waals surface area contributed by atoms with E-state index in [0.717, 1.165) is 17.9 Å². The first-order valence-corrected chi connectivity index (χ1v) is 7.45. The van der Waals surface area contributed by atoms with Gasteiger partial charge in [0.05, 0.1) is 0 Å². The first kappa shape index (κ1) is 14.0. The standard InChI is InChI=1S/C8H17N.C7H14/c1-7-5-3-4-6-8(7)9-2;1-2-7-5-3-4-6-7/h7-9H,3-6H2,1-2H3;7H,2-6H2,1H3. The van der Waals surface area contributed by atoms with Gasteiger partial charge in [-0.15, -0.1) is 0 Å². The van der Waals surface area contributed by atoms with Crippen LogP contribution >= 0.6 is 0 Å². The molecule has 1 heteroatoms. The molecule has 0 spiro atoms. The SMILES string of the molecule is CCC1CCCC1.CNC1CCCCC1C. The van der Waals surface area contributed by atoms with E-state index in [1.54, 1.807) is 0 Å². The van der Waals surface area contributed by atoms with Crippen LogP contribution in [-0.4, -0.2) is 13.1 Å². The van der Waals surface area contributed by atoms with Crippen LogP contribution in [0.1, 0.15) is 71.6 Å². The van der Waals surface area contributed by atoms with E-state index < -0.39 is 0 Å². The zero-order valence-corrected chi connectivity index (χ0v) is 11.6. The van der Waals surface area contributed by atoms with Gasteiger partial charge >= 0.3 is 0 Å². The van der Waals surface area contributed by atoms with Crippen molar-refractivity contribution in [2.24, 2.45) is 11.8 Å². The molecule has 0 aromatic carbocycles. The van der Waals surface area contributed by atoms with Gasteiger partial charge in [-0.3, -0.25) is 0 Å². The molecule has 0 heterocycles. The van der Waals surface area contributed by atoms with E-state index >= 15 is 0 Å². The molecule has 2 fully saturated rings. The lowest BCUT2D eigenvalue weighted by molar-refractivity contribution is 0.294. The molecule has 2 aliphatic rings. The molecule has 0 saturated heterocycles. The van der Waals surface area contributed by atoms with Gasteiger partial charge in [0.1, 0.15) is 0 Å². The molecule has 16 heavy (non-hydrogen) atoms. The molecule has 2 atom stereocenters. The summed E-state index contributed by atoms with van der Waals surface area (Å²) < 4.78 is 0. The third kappa shape index (κ3) is 4.86. The van der Waals surface area contributed by atoms with Crippen LogP contribution in [-0.2, 0) is 0 Å². The zero-order chi connectivity index (χ0) is 11.8. The van der Waals surface area contributed by atoms with E-state index in [1.165, 1.54) is 57.8 Å². The predicted molar refractivity (Wildman–Crippen MR) is 72.7 cm³/mol. The van der Waals surface area contributed by atoms with Crippen molar-refractivity contribution in [1.82, 2.24) is 5.32 Å². The second-order valence-corrected chi connectivity index (χ2v) is 5.72. The summed E-state index contributed by atoms with van der Waals surface area (Å²) in [4.78, 5) is 0. The van der Waals surface area contributed by atoms with Gasteiger partial charge in [-0.1, -0.05) is 58.8 Å². The average molecular weight is 225 g/mol. The maximum atomic E-state index is 3.35. The highest BCUT2D eigenvalue weighted by Crippen LogP contribution is 2.26. The van der Waals surface area contributed by atoms with Crippen LogP contribution < -0.4 is 5.32 Å². The van der Waals surface area contributed by atoms with Gasteiger partial charge in [0, 0.05) is 6.04 Å². The van der Waals surface area contributed by atoms with Crippen molar-refractivity contribution >= 4 is 0 Å². The quantitative estimate of drug-likeness (QED) is 0.736. The maximum Gasteiger partial charge on any atom is 0.00896 e. The molecule has 0 aromatic rings. The van der Waals surface area contributed by atoms with Crippen molar-refractivity contribution in [2.75, 3.05) is 7.05 Å². The Labute approximate surface area is 102 Å². The summed E-state index contributed by atoms with van der Waals surface area (Å²) in [6.45, 7) is 4.65. The van der Waals surface area contributed by atoms with Crippen LogP contribution in [0.2, 0.25) is 0 Å². The number of rotatable bonds is 2. The third-order valence-corrected chi connectivity index (χ3v) is 4.53. The summed E-state index contributed by atoms with van der Waals surface area (Å²) in [5, 5.41) is 3.35. The summed E-state index contributed by atoms with van der Waals surface area (Å²) >= 11 is 0. The van der Waals surface area contributed by atoms with Gasteiger partial charge in [0.15, 0.2) is 0 Å². The molecule has 2 rings (SSSR count). The zero-order valence-electron chi connectivity index (χ0n) is 11.6. The molecule has 2 saturated carbocycles. The first-order valence-electron chi connectivity index (χ1n) is 7.45. The third-order valence-electron chi connectivity index (χ3n) is 4.53. The lowest BCUT2D eigenvalue weighted by Gasteiger charge is -2.27. The summed E-state index contributed by atoms with van der Waals surface area (Å²) in [5.74, 6) is 2.00. The Morgan fingerprint density at radius 3 is 1.88 bits per heavy atom. The van der Waals surface area contributed by atoms with Crippen molar-refractivity contribution in [3.8, 4) is 0 Å². The van der Waals surface area contributed by atoms with Crippen LogP contribution in [0.4, 0.5) is 0 Å². The number of nitrogens with one attached hydrogen (secondary N) is 1. The topological polar surface area (TPSA) is 12.0 Å². The minimum Gasteiger partial charge on any atom is -0.317 e. The fourth-order valence-electron chi connectivity index (χ4n) is 3.16. The Morgan fingerprint density at radius 1 is 0.938 bits per heavy atom. The minimum absolute atomic E-state index is 0.804. The smallest absolute Gasteiger partial charge is 0.00896 e. The van der Waals surface area contributed by atoms with E-state index in [0.29, 0.717) is 0 Å². The highest BCUT2D eigenvalue weighted by Gasteiger charge is 2.18. The average Bonchev–Trinajstić information content (AvgIpc) is 2.83. The predicted octanol–water partition coefficient (Wildman–Crippen LogP) is 4.37. The van der Waals surface area contributed by atoms with Gasteiger partial charge in [-0.05, 0) is 31.7 Å². The Kier molecular flexibility index (Phi) is 7.11. The van der Waals surface area contributed by atoms with E-state index in [2.05, 4.69) is 26.2 Å². The van der Waals surface area contributed by atoms with Crippen molar-refractivity contribution < 1.29 is 0 Å². The fraction of sp³-hybridized carbons (Fsp3) is 1.00. The number of hydrogen-bond acceptors (Lipinski definition) is 1. The Hall–Kier alpha value is -0.0400. The molecule has 1 N–H and O–H groups in total. The molecule has 0 amide bonds. The molecule has 96 valence electrons. The van der Waals surface area contributed by atoms with Gasteiger partial charge in [0.2, 0.25) is 0 Å². The Morgan fingerprint density at radius 2 is 1.50 bits per heavy atom. The van der Waals surface area contributed by atoms with E-state index in [9.17, 15) is 0 Å². The highest BCUT2D eigenvalue weighted by atomic mass is 14.9. The van der Waals surface area contributed by atoms with Crippen molar-refractivity contribution in [2.45, 2.75) is 77.7 Å². The van der Waals surface area contributed by atoms with E-state index in [-0.39, 0.29) is 0 Å². The molecule has 0 aliphatic heterocycles. The first-order chi connectivity index (χ1) is 7.77. The molecule has 1 nitrogen and oxygen atoms in total. The monoisotopic (exact) mass is 225 g/mol. The summed E-state index contributed by atoms with van der Waals surface area (Å²) in [6, 6.07) is 0.804. The molecular weight excluding hydrogens is 194 g/mol. The lowest BCUT2D eigenvalue weighted by atomic mass is 9.86. The largest absolute Gasteiger partial charge is 0.317 e. The van der Waals surface area contributed by atoms with Crippen LogP contribution in [0.5, 0.6) is 0 Å².